The number of aromatic carboxylic acids is 1. The molecule has 0 bridgehead atoms. The van der Waals surface area contributed by atoms with Crippen LogP contribution in [-0.4, -0.2) is 16.1 Å². The number of carboxylic acids is 1. The molecule has 0 unspecified atom stereocenters. The van der Waals surface area contributed by atoms with Crippen LogP contribution in [0.5, 0.6) is 11.6 Å². The normalized spacial score (nSPS) is 9.50. The van der Waals surface area contributed by atoms with E-state index in [1.807, 2.05) is 6.07 Å². The van der Waals surface area contributed by atoms with Crippen LogP contribution in [-0.2, 0) is 0 Å². The summed E-state index contributed by atoms with van der Waals surface area (Å²) in [6.07, 6.45) is 1.39. The molecule has 0 atom stereocenters. The highest BCUT2D eigenvalue weighted by Gasteiger charge is 2.05. The predicted molar refractivity (Wildman–Crippen MR) is 62.4 cm³/mol. The fourth-order valence-electron chi connectivity index (χ4n) is 1.32. The van der Waals surface area contributed by atoms with Crippen LogP contribution in [0.1, 0.15) is 15.9 Å². The fraction of sp³-hybridized carbons (Fsp3) is 0. The predicted octanol–water partition coefficient (Wildman–Crippen LogP) is 2.44. The van der Waals surface area contributed by atoms with Crippen molar-refractivity contribution in [2.75, 3.05) is 0 Å². The van der Waals surface area contributed by atoms with Gasteiger partial charge < -0.3 is 9.84 Å². The number of aromatic nitrogens is 1. The summed E-state index contributed by atoms with van der Waals surface area (Å²) in [5.74, 6) is -0.336. The average molecular weight is 240 g/mol. The van der Waals surface area contributed by atoms with Gasteiger partial charge in [0.25, 0.3) is 0 Å². The number of ether oxygens (including phenoxy) is 1. The van der Waals surface area contributed by atoms with Gasteiger partial charge in [0.15, 0.2) is 0 Å². The van der Waals surface area contributed by atoms with Crippen molar-refractivity contribution in [3.63, 3.8) is 0 Å². The number of carbonyl (C=O) groups is 1. The standard InChI is InChI=1S/C13H8N2O3/c14-7-9-4-5-12(15-8-9)18-11-3-1-2-10(6-11)13(16)17/h1-6,8H,(H,16,17). The van der Waals surface area contributed by atoms with Gasteiger partial charge in [-0.1, -0.05) is 6.07 Å². The summed E-state index contributed by atoms with van der Waals surface area (Å²) in [4.78, 5) is 14.7. The monoisotopic (exact) mass is 240 g/mol. The Morgan fingerprint density at radius 2 is 2.17 bits per heavy atom. The molecule has 5 heteroatoms. The molecule has 18 heavy (non-hydrogen) atoms. The molecule has 0 saturated heterocycles. The van der Waals surface area contributed by atoms with Gasteiger partial charge in [-0.2, -0.15) is 5.26 Å². The van der Waals surface area contributed by atoms with E-state index in [0.717, 1.165) is 0 Å². The molecule has 1 aromatic heterocycles. The van der Waals surface area contributed by atoms with Crippen LogP contribution >= 0.6 is 0 Å². The lowest BCUT2D eigenvalue weighted by atomic mass is 10.2. The molecule has 88 valence electrons. The Bertz CT molecular complexity index is 615. The highest BCUT2D eigenvalue weighted by atomic mass is 16.5. The Morgan fingerprint density at radius 3 is 2.78 bits per heavy atom. The number of carboxylic acid groups (broad SMARTS) is 1. The molecule has 0 fully saturated rings. The third-order valence-corrected chi connectivity index (χ3v) is 2.17. The minimum Gasteiger partial charge on any atom is -0.478 e. The Morgan fingerprint density at radius 1 is 1.33 bits per heavy atom. The molecule has 0 saturated carbocycles. The van der Waals surface area contributed by atoms with E-state index in [1.165, 1.54) is 18.3 Å². The molecule has 2 rings (SSSR count). The molecule has 1 N–H and O–H groups in total. The first-order chi connectivity index (χ1) is 8.69. The molecule has 0 aliphatic carbocycles. The van der Waals surface area contributed by atoms with Crippen LogP contribution in [0, 0.1) is 11.3 Å². The number of hydrogen-bond donors (Lipinski definition) is 1. The summed E-state index contributed by atoms with van der Waals surface area (Å²) in [7, 11) is 0. The lowest BCUT2D eigenvalue weighted by Gasteiger charge is -2.04. The van der Waals surface area contributed by atoms with Gasteiger partial charge in [0.1, 0.15) is 11.8 Å². The summed E-state index contributed by atoms with van der Waals surface area (Å²) in [6.45, 7) is 0. The highest BCUT2D eigenvalue weighted by molar-refractivity contribution is 5.88. The first-order valence-corrected chi connectivity index (χ1v) is 5.06. The lowest BCUT2D eigenvalue weighted by Crippen LogP contribution is -1.96. The van der Waals surface area contributed by atoms with E-state index in [-0.39, 0.29) is 5.56 Å². The van der Waals surface area contributed by atoms with Crippen molar-refractivity contribution in [1.29, 1.82) is 5.26 Å². The van der Waals surface area contributed by atoms with Gasteiger partial charge >= 0.3 is 5.97 Å². The number of benzene rings is 1. The van der Waals surface area contributed by atoms with Gasteiger partial charge in [0.05, 0.1) is 11.1 Å². The van der Waals surface area contributed by atoms with Crippen LogP contribution < -0.4 is 4.74 Å². The molecule has 1 heterocycles. The second kappa shape index (κ2) is 4.97. The molecule has 0 amide bonds. The summed E-state index contributed by atoms with van der Waals surface area (Å²) < 4.78 is 5.38. The van der Waals surface area contributed by atoms with Crippen LogP contribution in [0.2, 0.25) is 0 Å². The minimum atomic E-state index is -1.02. The molecule has 0 aliphatic rings. The van der Waals surface area contributed by atoms with Crippen molar-refractivity contribution in [2.24, 2.45) is 0 Å². The largest absolute Gasteiger partial charge is 0.478 e. The third kappa shape index (κ3) is 2.62. The van der Waals surface area contributed by atoms with Gasteiger partial charge in [-0.3, -0.25) is 0 Å². The summed E-state index contributed by atoms with van der Waals surface area (Å²) in [6, 6.07) is 11.2. The molecule has 0 aliphatic heterocycles. The molecule has 0 spiro atoms. The number of rotatable bonds is 3. The van der Waals surface area contributed by atoms with Gasteiger partial charge in [0.2, 0.25) is 5.88 Å². The SMILES string of the molecule is N#Cc1ccc(Oc2cccc(C(=O)O)c2)nc1. The fourth-order valence-corrected chi connectivity index (χ4v) is 1.32. The Balaban J connectivity index is 2.20. The van der Waals surface area contributed by atoms with E-state index in [2.05, 4.69) is 4.98 Å². The van der Waals surface area contributed by atoms with E-state index in [0.29, 0.717) is 17.2 Å². The molecule has 5 nitrogen and oxygen atoms in total. The van der Waals surface area contributed by atoms with Gasteiger partial charge in [-0.25, -0.2) is 9.78 Å². The lowest BCUT2D eigenvalue weighted by molar-refractivity contribution is 0.0696. The summed E-state index contributed by atoms with van der Waals surface area (Å²) in [5, 5.41) is 17.5. The van der Waals surface area contributed by atoms with Crippen molar-refractivity contribution in [1.82, 2.24) is 4.98 Å². The maximum atomic E-state index is 10.8. The highest BCUT2D eigenvalue weighted by Crippen LogP contribution is 2.20. The topological polar surface area (TPSA) is 83.2 Å². The Hall–Kier alpha value is -2.87. The van der Waals surface area contributed by atoms with E-state index in [9.17, 15) is 4.79 Å². The zero-order chi connectivity index (χ0) is 13.0. The second-order valence-electron chi connectivity index (χ2n) is 3.43. The van der Waals surface area contributed by atoms with Crippen molar-refractivity contribution >= 4 is 5.97 Å². The van der Waals surface area contributed by atoms with E-state index >= 15 is 0 Å². The van der Waals surface area contributed by atoms with Gasteiger partial charge in [-0.15, -0.1) is 0 Å². The first-order valence-electron chi connectivity index (χ1n) is 5.06. The molecule has 2 aromatic rings. The Kier molecular flexibility index (Phi) is 3.21. The second-order valence-corrected chi connectivity index (χ2v) is 3.43. The number of nitrogens with zero attached hydrogens (tertiary/aromatic N) is 2. The maximum absolute atomic E-state index is 10.8. The van der Waals surface area contributed by atoms with Crippen molar-refractivity contribution in [3.8, 4) is 17.7 Å². The van der Waals surface area contributed by atoms with Crippen molar-refractivity contribution in [3.05, 3.63) is 53.7 Å². The maximum Gasteiger partial charge on any atom is 0.335 e. The number of nitriles is 1. The van der Waals surface area contributed by atoms with E-state index in [4.69, 9.17) is 15.1 Å². The zero-order valence-electron chi connectivity index (χ0n) is 9.20. The first kappa shape index (κ1) is 11.6. The number of hydrogen-bond acceptors (Lipinski definition) is 4. The number of pyridine rings is 1. The zero-order valence-corrected chi connectivity index (χ0v) is 9.20. The molecule has 1 aromatic carbocycles. The van der Waals surface area contributed by atoms with Gasteiger partial charge in [0, 0.05) is 12.3 Å². The third-order valence-electron chi connectivity index (χ3n) is 2.17. The van der Waals surface area contributed by atoms with E-state index in [1.54, 1.807) is 24.3 Å². The molecular weight excluding hydrogens is 232 g/mol. The molecular formula is C13H8N2O3. The average Bonchev–Trinajstić information content (AvgIpc) is 2.40. The Labute approximate surface area is 103 Å². The van der Waals surface area contributed by atoms with Crippen molar-refractivity contribution in [2.45, 2.75) is 0 Å². The van der Waals surface area contributed by atoms with Crippen molar-refractivity contribution < 1.29 is 14.6 Å². The van der Waals surface area contributed by atoms with Crippen LogP contribution in [0.25, 0.3) is 0 Å². The van der Waals surface area contributed by atoms with Crippen LogP contribution in [0.15, 0.2) is 42.6 Å². The van der Waals surface area contributed by atoms with E-state index < -0.39 is 5.97 Å². The van der Waals surface area contributed by atoms with Crippen LogP contribution in [0.3, 0.4) is 0 Å². The molecule has 0 radical (unpaired) electrons. The minimum absolute atomic E-state index is 0.140. The smallest absolute Gasteiger partial charge is 0.335 e. The summed E-state index contributed by atoms with van der Waals surface area (Å²) in [5.41, 5.74) is 0.572. The quantitative estimate of drug-likeness (QED) is 0.890. The summed E-state index contributed by atoms with van der Waals surface area (Å²) >= 11 is 0. The van der Waals surface area contributed by atoms with Gasteiger partial charge in [-0.05, 0) is 24.3 Å². The van der Waals surface area contributed by atoms with Crippen LogP contribution in [0.4, 0.5) is 0 Å².